The third-order valence-corrected chi connectivity index (χ3v) is 6.16. The van der Waals surface area contributed by atoms with E-state index in [2.05, 4.69) is 169 Å². The number of benzene rings is 2. The van der Waals surface area contributed by atoms with Crippen molar-refractivity contribution in [2.75, 3.05) is 38.0 Å². The Bertz CT molecular complexity index is 1180. The number of aromatic nitrogens is 2. The molecule has 0 atom stereocenters. The van der Waals surface area contributed by atoms with Crippen LogP contribution >= 0.6 is 0 Å². The van der Waals surface area contributed by atoms with E-state index < -0.39 is 0 Å². The summed E-state index contributed by atoms with van der Waals surface area (Å²) in [6, 6.07) is 26.0. The minimum atomic E-state index is 0. The Hall–Kier alpha value is -3.70. The van der Waals surface area contributed by atoms with Crippen molar-refractivity contribution in [1.82, 2.24) is 0 Å². The van der Waals surface area contributed by atoms with E-state index in [1.165, 1.54) is 33.6 Å². The molecule has 0 fully saturated rings. The lowest BCUT2D eigenvalue weighted by Crippen LogP contribution is -3.00. The van der Waals surface area contributed by atoms with Crippen LogP contribution in [0.3, 0.4) is 0 Å². The quantitative estimate of drug-likeness (QED) is 0.232. The Balaban J connectivity index is 0.00000380. The normalized spacial score (nSPS) is 11.0. The Labute approximate surface area is 232 Å². The van der Waals surface area contributed by atoms with Crippen LogP contribution in [0.5, 0.6) is 0 Å². The van der Waals surface area contributed by atoms with Gasteiger partial charge in [-0.25, -0.2) is 9.13 Å². The predicted molar refractivity (Wildman–Crippen MR) is 151 cm³/mol. The number of nitrogens with zero attached hydrogens (tertiary/aromatic N) is 4. The molecule has 0 amide bonds. The first-order valence-electron chi connectivity index (χ1n) is 12.3. The molecule has 190 valence electrons. The van der Waals surface area contributed by atoms with Crippen molar-refractivity contribution in [3.05, 3.63) is 132 Å². The zero-order chi connectivity index (χ0) is 25.3. The van der Waals surface area contributed by atoms with E-state index in [9.17, 15) is 0 Å². The Kier molecular flexibility index (Phi) is 10.2. The van der Waals surface area contributed by atoms with Gasteiger partial charge >= 0.3 is 0 Å². The molecule has 5 heteroatoms. The van der Waals surface area contributed by atoms with E-state index >= 15 is 0 Å². The number of pyridine rings is 2. The average molecular weight is 557 g/mol. The molecule has 2 heterocycles. The first-order chi connectivity index (χ1) is 17.5. The summed E-state index contributed by atoms with van der Waals surface area (Å²) in [5.41, 5.74) is 7.39. The molecule has 0 unspecified atom stereocenters. The predicted octanol–water partition coefficient (Wildman–Crippen LogP) is 2.22. The number of allylic oxidation sites excluding steroid dienone is 2. The van der Waals surface area contributed by atoms with E-state index in [0.717, 1.165) is 13.1 Å². The lowest BCUT2D eigenvalue weighted by molar-refractivity contribution is -0.688. The van der Waals surface area contributed by atoms with Gasteiger partial charge in [0, 0.05) is 75.0 Å². The van der Waals surface area contributed by atoms with Gasteiger partial charge in [0.05, 0.1) is 0 Å². The minimum Gasteiger partial charge on any atom is -1.00 e. The van der Waals surface area contributed by atoms with Crippen LogP contribution in [0.1, 0.15) is 22.3 Å². The van der Waals surface area contributed by atoms with Crippen LogP contribution < -0.4 is 35.9 Å². The third-order valence-electron chi connectivity index (χ3n) is 6.16. The smallest absolute Gasteiger partial charge is 0.173 e. The SMILES string of the molecule is CN(C)c1cc[n+](Cc2ccc(/C=C\C=C/c3ccc(C[n+]4ccc(N(C)C)cc4)cc3)cc2)cc1.[Br-]. The van der Waals surface area contributed by atoms with Crippen molar-refractivity contribution in [1.29, 1.82) is 0 Å². The van der Waals surface area contributed by atoms with E-state index in [0.29, 0.717) is 0 Å². The maximum absolute atomic E-state index is 2.20. The average Bonchev–Trinajstić information content (AvgIpc) is 2.89. The third kappa shape index (κ3) is 8.43. The van der Waals surface area contributed by atoms with Crippen LogP contribution in [0, 0.1) is 0 Å². The van der Waals surface area contributed by atoms with Gasteiger partial charge in [-0.2, -0.15) is 0 Å². The van der Waals surface area contributed by atoms with Crippen molar-refractivity contribution < 1.29 is 26.1 Å². The number of halogens is 1. The summed E-state index contributed by atoms with van der Waals surface area (Å²) in [4.78, 5) is 4.22. The second kappa shape index (κ2) is 13.6. The van der Waals surface area contributed by atoms with Gasteiger partial charge in [0.1, 0.15) is 0 Å². The maximum atomic E-state index is 2.20. The number of hydrogen-bond acceptors (Lipinski definition) is 2. The zero-order valence-electron chi connectivity index (χ0n) is 22.1. The summed E-state index contributed by atoms with van der Waals surface area (Å²) in [6.45, 7) is 1.74. The molecular formula is C32H36BrN4+. The first kappa shape index (κ1) is 27.9. The monoisotopic (exact) mass is 555 g/mol. The van der Waals surface area contributed by atoms with Gasteiger partial charge in [-0.1, -0.05) is 72.8 Å². The fourth-order valence-electron chi connectivity index (χ4n) is 3.93. The highest BCUT2D eigenvalue weighted by Gasteiger charge is 2.05. The van der Waals surface area contributed by atoms with Gasteiger partial charge in [0.2, 0.25) is 0 Å². The second-order valence-electron chi connectivity index (χ2n) is 9.45. The molecule has 0 aliphatic heterocycles. The first-order valence-corrected chi connectivity index (χ1v) is 12.3. The van der Waals surface area contributed by atoms with Gasteiger partial charge in [-0.05, 0) is 11.1 Å². The molecule has 4 rings (SSSR count). The molecule has 2 aromatic heterocycles. The van der Waals surface area contributed by atoms with Crippen molar-refractivity contribution in [2.45, 2.75) is 13.1 Å². The highest BCUT2D eigenvalue weighted by Crippen LogP contribution is 2.11. The molecule has 0 saturated heterocycles. The lowest BCUT2D eigenvalue weighted by atomic mass is 10.1. The number of anilines is 2. The molecule has 0 saturated carbocycles. The van der Waals surface area contributed by atoms with E-state index in [4.69, 9.17) is 0 Å². The maximum Gasteiger partial charge on any atom is 0.173 e. The summed E-state index contributed by atoms with van der Waals surface area (Å²) in [5.74, 6) is 0. The Morgan fingerprint density at radius 2 is 0.838 bits per heavy atom. The second-order valence-corrected chi connectivity index (χ2v) is 9.45. The molecule has 0 aliphatic rings. The Morgan fingerprint density at radius 1 is 0.514 bits per heavy atom. The molecule has 0 N–H and O–H groups in total. The van der Waals surface area contributed by atoms with Crippen molar-refractivity contribution >= 4 is 23.5 Å². The van der Waals surface area contributed by atoms with Gasteiger partial charge in [0.15, 0.2) is 37.9 Å². The summed E-state index contributed by atoms with van der Waals surface area (Å²) >= 11 is 0. The molecule has 4 nitrogen and oxygen atoms in total. The Morgan fingerprint density at radius 3 is 1.14 bits per heavy atom. The summed E-state index contributed by atoms with van der Waals surface area (Å²) < 4.78 is 4.40. The van der Waals surface area contributed by atoms with Gasteiger partial charge in [-0.3, -0.25) is 0 Å². The van der Waals surface area contributed by atoms with Gasteiger partial charge < -0.3 is 26.8 Å². The van der Waals surface area contributed by atoms with Crippen LogP contribution in [0.2, 0.25) is 0 Å². The lowest BCUT2D eigenvalue weighted by Gasteiger charge is -2.10. The minimum absolute atomic E-state index is 0. The standard InChI is InChI=1S/C32H36N4.BrH/c1-33(2)31-17-21-35(22-18-31)25-29-13-9-27(10-14-29)7-5-6-8-28-11-15-30(16-12-28)26-36-23-19-32(20-24-36)34(3)4;/h5-24H,25-26H2,1-4H3;1H/q+2;/p-1/b7-5-,8-6-;. The molecule has 0 aliphatic carbocycles. The molecular weight excluding hydrogens is 520 g/mol. The summed E-state index contributed by atoms with van der Waals surface area (Å²) in [6.07, 6.45) is 17.0. The molecule has 0 bridgehead atoms. The summed E-state index contributed by atoms with van der Waals surface area (Å²) in [5, 5.41) is 0. The van der Waals surface area contributed by atoms with Crippen LogP contribution in [-0.4, -0.2) is 28.2 Å². The van der Waals surface area contributed by atoms with Crippen molar-refractivity contribution in [2.24, 2.45) is 0 Å². The van der Waals surface area contributed by atoms with Crippen LogP contribution in [0.25, 0.3) is 12.2 Å². The van der Waals surface area contributed by atoms with E-state index in [1.807, 2.05) is 0 Å². The summed E-state index contributed by atoms with van der Waals surface area (Å²) in [7, 11) is 8.24. The highest BCUT2D eigenvalue weighted by molar-refractivity contribution is 5.57. The van der Waals surface area contributed by atoms with E-state index in [-0.39, 0.29) is 17.0 Å². The fraction of sp³-hybridized carbons (Fsp3) is 0.188. The fourth-order valence-corrected chi connectivity index (χ4v) is 3.93. The molecule has 37 heavy (non-hydrogen) atoms. The van der Waals surface area contributed by atoms with Crippen molar-refractivity contribution in [3.8, 4) is 0 Å². The van der Waals surface area contributed by atoms with Crippen molar-refractivity contribution in [3.63, 3.8) is 0 Å². The zero-order valence-corrected chi connectivity index (χ0v) is 23.7. The molecule has 2 aromatic carbocycles. The highest BCUT2D eigenvalue weighted by atomic mass is 79.9. The van der Waals surface area contributed by atoms with Crippen LogP contribution in [-0.2, 0) is 13.1 Å². The van der Waals surface area contributed by atoms with Gasteiger partial charge in [0.25, 0.3) is 0 Å². The molecule has 0 radical (unpaired) electrons. The van der Waals surface area contributed by atoms with Gasteiger partial charge in [-0.15, -0.1) is 0 Å². The van der Waals surface area contributed by atoms with E-state index in [1.54, 1.807) is 0 Å². The topological polar surface area (TPSA) is 14.2 Å². The van der Waals surface area contributed by atoms with Crippen LogP contribution in [0.15, 0.2) is 110 Å². The number of rotatable bonds is 9. The molecule has 0 spiro atoms. The van der Waals surface area contributed by atoms with Crippen LogP contribution in [0.4, 0.5) is 11.4 Å². The number of hydrogen-bond donors (Lipinski definition) is 0. The molecule has 4 aromatic rings. The largest absolute Gasteiger partial charge is 1.00 e.